The summed E-state index contributed by atoms with van der Waals surface area (Å²) in [5.41, 5.74) is 0.580. The molecule has 0 fully saturated rings. The lowest BCUT2D eigenvalue weighted by Gasteiger charge is -2.20. The maximum Gasteiger partial charge on any atom is 0.164 e. The summed E-state index contributed by atoms with van der Waals surface area (Å²) in [7, 11) is 0. The van der Waals surface area contributed by atoms with Gasteiger partial charge in [-0.3, -0.25) is 4.79 Å². The van der Waals surface area contributed by atoms with Crippen LogP contribution in [0.5, 0.6) is 0 Å². The second kappa shape index (κ2) is 7.38. The van der Waals surface area contributed by atoms with E-state index in [-0.39, 0.29) is 24.0 Å². The van der Waals surface area contributed by atoms with Crippen molar-refractivity contribution in [3.63, 3.8) is 0 Å². The van der Waals surface area contributed by atoms with E-state index in [1.54, 1.807) is 23.9 Å². The van der Waals surface area contributed by atoms with Crippen molar-refractivity contribution in [1.29, 1.82) is 0 Å². The standard InChI is InChI=1S/C13H18FNO2S/c1-9(17)13-11(14)4-3-5-12(13)15-10(6-7-16)8-18-2/h3-5,10,15-16H,6-8H2,1-2H3. The van der Waals surface area contributed by atoms with Crippen LogP contribution in [0.15, 0.2) is 18.2 Å². The summed E-state index contributed by atoms with van der Waals surface area (Å²) < 4.78 is 13.6. The van der Waals surface area contributed by atoms with Gasteiger partial charge >= 0.3 is 0 Å². The van der Waals surface area contributed by atoms with Crippen molar-refractivity contribution < 1.29 is 14.3 Å². The highest BCUT2D eigenvalue weighted by molar-refractivity contribution is 7.98. The van der Waals surface area contributed by atoms with Crippen LogP contribution in [0.2, 0.25) is 0 Å². The van der Waals surface area contributed by atoms with Crippen LogP contribution in [0.25, 0.3) is 0 Å². The first kappa shape index (κ1) is 15.0. The molecule has 0 aliphatic rings. The number of benzene rings is 1. The molecule has 0 aliphatic heterocycles. The topological polar surface area (TPSA) is 49.3 Å². The number of rotatable bonds is 7. The third-order valence-electron chi connectivity index (χ3n) is 2.57. The first-order chi connectivity index (χ1) is 8.60. The lowest BCUT2D eigenvalue weighted by molar-refractivity contribution is 0.101. The number of thioether (sulfide) groups is 1. The summed E-state index contributed by atoms with van der Waals surface area (Å²) >= 11 is 1.64. The van der Waals surface area contributed by atoms with Crippen molar-refractivity contribution in [3.8, 4) is 0 Å². The van der Waals surface area contributed by atoms with E-state index in [0.717, 1.165) is 5.75 Å². The number of aliphatic hydroxyl groups excluding tert-OH is 1. The van der Waals surface area contributed by atoms with Gasteiger partial charge in [0.25, 0.3) is 0 Å². The Balaban J connectivity index is 2.94. The van der Waals surface area contributed by atoms with E-state index >= 15 is 0 Å². The van der Waals surface area contributed by atoms with Gasteiger partial charge < -0.3 is 10.4 Å². The van der Waals surface area contributed by atoms with Crippen molar-refractivity contribution in [1.82, 2.24) is 0 Å². The van der Waals surface area contributed by atoms with Crippen molar-refractivity contribution in [2.75, 3.05) is 23.9 Å². The fraction of sp³-hybridized carbons (Fsp3) is 0.462. The zero-order chi connectivity index (χ0) is 13.5. The van der Waals surface area contributed by atoms with Gasteiger partial charge in [-0.05, 0) is 31.7 Å². The molecule has 0 heterocycles. The zero-order valence-electron chi connectivity index (χ0n) is 10.6. The van der Waals surface area contributed by atoms with Gasteiger partial charge in [0.15, 0.2) is 5.78 Å². The summed E-state index contributed by atoms with van der Waals surface area (Å²) in [4.78, 5) is 11.4. The molecule has 1 aromatic rings. The predicted octanol–water partition coefficient (Wildman–Crippen LogP) is 2.55. The third kappa shape index (κ3) is 3.99. The van der Waals surface area contributed by atoms with Gasteiger partial charge in [-0.2, -0.15) is 11.8 Å². The predicted molar refractivity (Wildman–Crippen MR) is 73.9 cm³/mol. The fourth-order valence-corrected chi connectivity index (χ4v) is 2.43. The number of hydrogen-bond donors (Lipinski definition) is 2. The van der Waals surface area contributed by atoms with Crippen molar-refractivity contribution in [3.05, 3.63) is 29.6 Å². The van der Waals surface area contributed by atoms with Crippen LogP contribution < -0.4 is 5.32 Å². The highest BCUT2D eigenvalue weighted by Gasteiger charge is 2.15. The van der Waals surface area contributed by atoms with Crippen LogP contribution >= 0.6 is 11.8 Å². The van der Waals surface area contributed by atoms with E-state index in [1.807, 2.05) is 6.26 Å². The number of halogens is 1. The summed E-state index contributed by atoms with van der Waals surface area (Å²) in [5.74, 6) is -0.0316. The highest BCUT2D eigenvalue weighted by Crippen LogP contribution is 2.21. The van der Waals surface area contributed by atoms with Crippen LogP contribution in [0, 0.1) is 5.82 Å². The molecule has 0 saturated heterocycles. The molecule has 0 radical (unpaired) electrons. The number of ketones is 1. The van der Waals surface area contributed by atoms with Gasteiger partial charge in [0.1, 0.15) is 5.82 Å². The van der Waals surface area contributed by atoms with Gasteiger partial charge in [-0.1, -0.05) is 6.07 Å². The lowest BCUT2D eigenvalue weighted by Crippen LogP contribution is -2.25. The normalized spacial score (nSPS) is 12.2. The van der Waals surface area contributed by atoms with E-state index in [9.17, 15) is 9.18 Å². The Hall–Kier alpha value is -1.07. The average molecular weight is 271 g/mol. The summed E-state index contributed by atoms with van der Waals surface area (Å²) in [5, 5.41) is 12.1. The second-order valence-corrected chi connectivity index (χ2v) is 4.94. The minimum atomic E-state index is -0.514. The molecular weight excluding hydrogens is 253 g/mol. The molecule has 5 heteroatoms. The molecule has 0 aromatic heterocycles. The molecule has 1 atom stereocenters. The van der Waals surface area contributed by atoms with Gasteiger partial charge in [-0.15, -0.1) is 0 Å². The maximum atomic E-state index is 13.6. The van der Waals surface area contributed by atoms with Gasteiger partial charge in [0.05, 0.1) is 5.56 Å². The molecule has 1 aromatic carbocycles. The monoisotopic (exact) mass is 271 g/mol. The largest absolute Gasteiger partial charge is 0.396 e. The van der Waals surface area contributed by atoms with E-state index < -0.39 is 5.82 Å². The molecule has 1 unspecified atom stereocenters. The van der Waals surface area contributed by atoms with E-state index in [4.69, 9.17) is 5.11 Å². The van der Waals surface area contributed by atoms with Gasteiger partial charge in [0, 0.05) is 24.1 Å². The van der Waals surface area contributed by atoms with Crippen LogP contribution in [-0.2, 0) is 0 Å². The van der Waals surface area contributed by atoms with Crippen LogP contribution in [0.3, 0.4) is 0 Å². The Kier molecular flexibility index (Phi) is 6.15. The Morgan fingerprint density at radius 3 is 2.83 bits per heavy atom. The smallest absolute Gasteiger partial charge is 0.164 e. The van der Waals surface area contributed by atoms with E-state index in [2.05, 4.69) is 5.32 Å². The number of carbonyl (C=O) groups is 1. The van der Waals surface area contributed by atoms with Crippen LogP contribution in [-0.4, -0.2) is 35.5 Å². The van der Waals surface area contributed by atoms with Gasteiger partial charge in [-0.25, -0.2) is 4.39 Å². The Morgan fingerprint density at radius 2 is 2.28 bits per heavy atom. The molecule has 1 rings (SSSR count). The fourth-order valence-electron chi connectivity index (χ4n) is 1.78. The van der Waals surface area contributed by atoms with E-state index in [0.29, 0.717) is 12.1 Å². The summed E-state index contributed by atoms with van der Waals surface area (Å²) in [6, 6.07) is 4.55. The van der Waals surface area contributed by atoms with Crippen LogP contribution in [0.1, 0.15) is 23.7 Å². The number of aliphatic hydroxyl groups is 1. The molecule has 18 heavy (non-hydrogen) atoms. The number of carbonyl (C=O) groups excluding carboxylic acids is 1. The number of anilines is 1. The molecule has 0 saturated carbocycles. The van der Waals surface area contributed by atoms with Crippen molar-refractivity contribution in [2.45, 2.75) is 19.4 Å². The average Bonchev–Trinajstić information content (AvgIpc) is 2.29. The number of hydrogen-bond acceptors (Lipinski definition) is 4. The minimum Gasteiger partial charge on any atom is -0.396 e. The van der Waals surface area contributed by atoms with Crippen LogP contribution in [0.4, 0.5) is 10.1 Å². The Labute approximate surface area is 111 Å². The van der Waals surface area contributed by atoms with Gasteiger partial charge in [0.2, 0.25) is 0 Å². The molecule has 0 aliphatic carbocycles. The molecular formula is C13H18FNO2S. The molecule has 3 nitrogen and oxygen atoms in total. The Bertz CT molecular complexity index is 406. The first-order valence-electron chi connectivity index (χ1n) is 5.76. The molecule has 0 bridgehead atoms. The quantitative estimate of drug-likeness (QED) is 0.748. The van der Waals surface area contributed by atoms with E-state index in [1.165, 1.54) is 13.0 Å². The zero-order valence-corrected chi connectivity index (χ0v) is 11.4. The highest BCUT2D eigenvalue weighted by atomic mass is 32.2. The second-order valence-electron chi connectivity index (χ2n) is 4.03. The van der Waals surface area contributed by atoms with Crippen molar-refractivity contribution in [2.24, 2.45) is 0 Å². The first-order valence-corrected chi connectivity index (χ1v) is 7.15. The molecule has 100 valence electrons. The molecule has 2 N–H and O–H groups in total. The Morgan fingerprint density at radius 1 is 1.56 bits per heavy atom. The molecule has 0 amide bonds. The third-order valence-corrected chi connectivity index (χ3v) is 3.31. The molecule has 0 spiro atoms. The SMILES string of the molecule is CSCC(CCO)Nc1cccc(F)c1C(C)=O. The van der Waals surface area contributed by atoms with Crippen molar-refractivity contribution >= 4 is 23.2 Å². The maximum absolute atomic E-state index is 13.6. The minimum absolute atomic E-state index is 0.0184. The lowest BCUT2D eigenvalue weighted by atomic mass is 10.1. The summed E-state index contributed by atoms with van der Waals surface area (Å²) in [6.07, 6.45) is 2.53. The number of nitrogens with one attached hydrogen (secondary N) is 1. The summed E-state index contributed by atoms with van der Waals surface area (Å²) in [6.45, 7) is 1.40. The number of Topliss-reactive ketones (excluding diaryl/α,β-unsaturated/α-hetero) is 1.